The van der Waals surface area contributed by atoms with Gasteiger partial charge in [-0.2, -0.15) is 5.26 Å². The molecule has 0 saturated carbocycles. The summed E-state index contributed by atoms with van der Waals surface area (Å²) in [7, 11) is 0. The van der Waals surface area contributed by atoms with Gasteiger partial charge in [-0.15, -0.1) is 0 Å². The van der Waals surface area contributed by atoms with Crippen molar-refractivity contribution in [2.45, 2.75) is 37.0 Å². The fourth-order valence-electron chi connectivity index (χ4n) is 2.28. The minimum Gasteiger partial charge on any atom is -0.478 e. The number of aryl methyl sites for hydroxylation is 1. The largest absolute Gasteiger partial charge is 0.478 e. The molecule has 0 saturated heterocycles. The Labute approximate surface area is 166 Å². The third-order valence-corrected chi connectivity index (χ3v) is 5.10. The summed E-state index contributed by atoms with van der Waals surface area (Å²) in [6.45, 7) is 3.74. The lowest BCUT2D eigenvalue weighted by Gasteiger charge is -2.13. The summed E-state index contributed by atoms with van der Waals surface area (Å²) < 4.78 is 0. The van der Waals surface area contributed by atoms with Crippen LogP contribution in [-0.4, -0.2) is 27.2 Å². The van der Waals surface area contributed by atoms with Crippen LogP contribution < -0.4 is 5.32 Å². The van der Waals surface area contributed by atoms with E-state index in [9.17, 15) is 14.9 Å². The Bertz CT molecular complexity index is 912. The summed E-state index contributed by atoms with van der Waals surface area (Å²) >= 11 is 7.02. The molecule has 27 heavy (non-hydrogen) atoms. The number of halogens is 1. The van der Waals surface area contributed by atoms with Gasteiger partial charge in [0.05, 0.1) is 21.4 Å². The van der Waals surface area contributed by atoms with E-state index in [-0.39, 0.29) is 16.5 Å². The maximum Gasteiger partial charge on any atom is 0.337 e. The lowest BCUT2D eigenvalue weighted by molar-refractivity contribution is -0.115. The number of nitrogens with one attached hydrogen (secondary N) is 1. The molecule has 0 aliphatic rings. The van der Waals surface area contributed by atoms with Gasteiger partial charge in [0, 0.05) is 11.4 Å². The maximum atomic E-state index is 12.5. The van der Waals surface area contributed by atoms with E-state index in [0.717, 1.165) is 18.5 Å². The molecule has 0 aliphatic heterocycles. The zero-order valence-corrected chi connectivity index (χ0v) is 16.4. The normalized spacial score (nSPS) is 11.5. The molecule has 2 N–H and O–H groups in total. The number of pyridine rings is 1. The second kappa shape index (κ2) is 9.40. The number of aromatic nitrogens is 1. The number of rotatable bonds is 7. The second-order valence-electron chi connectivity index (χ2n) is 5.77. The van der Waals surface area contributed by atoms with Gasteiger partial charge in [-0.25, -0.2) is 9.78 Å². The van der Waals surface area contributed by atoms with E-state index in [1.807, 2.05) is 13.0 Å². The van der Waals surface area contributed by atoms with Crippen molar-refractivity contribution in [3.63, 3.8) is 0 Å². The van der Waals surface area contributed by atoms with Crippen LogP contribution in [0.25, 0.3) is 0 Å². The van der Waals surface area contributed by atoms with Gasteiger partial charge < -0.3 is 10.4 Å². The molecule has 0 bridgehead atoms. The zero-order chi connectivity index (χ0) is 20.0. The van der Waals surface area contributed by atoms with E-state index in [1.54, 1.807) is 13.0 Å². The Hall–Kier alpha value is -2.56. The molecule has 0 fully saturated rings. The topological polar surface area (TPSA) is 103 Å². The van der Waals surface area contributed by atoms with Gasteiger partial charge in [-0.3, -0.25) is 4.79 Å². The summed E-state index contributed by atoms with van der Waals surface area (Å²) in [5, 5.41) is 21.1. The first-order valence-electron chi connectivity index (χ1n) is 8.26. The van der Waals surface area contributed by atoms with Crippen molar-refractivity contribution >= 4 is 40.9 Å². The number of aromatic carboxylic acids is 1. The van der Waals surface area contributed by atoms with Crippen molar-refractivity contribution in [2.24, 2.45) is 0 Å². The number of thioether (sulfide) groups is 1. The van der Waals surface area contributed by atoms with Gasteiger partial charge in [0.1, 0.15) is 11.1 Å². The molecule has 2 rings (SSSR count). The third-order valence-electron chi connectivity index (χ3n) is 3.67. The molecule has 1 unspecified atom stereocenters. The first-order valence-corrected chi connectivity index (χ1v) is 9.51. The molecular formula is C19H18ClN3O3S. The molecule has 140 valence electrons. The smallest absolute Gasteiger partial charge is 0.337 e. The van der Waals surface area contributed by atoms with Gasteiger partial charge in [-0.1, -0.05) is 36.7 Å². The van der Waals surface area contributed by atoms with E-state index in [2.05, 4.69) is 16.4 Å². The van der Waals surface area contributed by atoms with Gasteiger partial charge >= 0.3 is 5.97 Å². The second-order valence-corrected chi connectivity index (χ2v) is 7.50. The van der Waals surface area contributed by atoms with Gasteiger partial charge in [0.25, 0.3) is 0 Å². The predicted octanol–water partition coefficient (Wildman–Crippen LogP) is 4.38. The average molecular weight is 404 g/mol. The summed E-state index contributed by atoms with van der Waals surface area (Å²) in [5.74, 6) is -1.50. The van der Waals surface area contributed by atoms with Crippen LogP contribution in [0.15, 0.2) is 35.4 Å². The lowest BCUT2D eigenvalue weighted by Crippen LogP contribution is -2.23. The molecule has 1 atom stereocenters. The van der Waals surface area contributed by atoms with E-state index < -0.39 is 11.2 Å². The van der Waals surface area contributed by atoms with Crippen LogP contribution in [0.5, 0.6) is 0 Å². The fourth-order valence-corrected chi connectivity index (χ4v) is 3.39. The predicted molar refractivity (Wildman–Crippen MR) is 105 cm³/mol. The molecule has 1 aromatic heterocycles. The summed E-state index contributed by atoms with van der Waals surface area (Å²) in [6, 6.07) is 9.88. The van der Waals surface area contributed by atoms with Crippen LogP contribution in [0.4, 0.5) is 5.69 Å². The van der Waals surface area contributed by atoms with Crippen LogP contribution in [-0.2, 0) is 11.2 Å². The molecular weight excluding hydrogens is 386 g/mol. The van der Waals surface area contributed by atoms with Crippen molar-refractivity contribution in [1.29, 1.82) is 5.26 Å². The Balaban J connectivity index is 2.14. The molecule has 0 radical (unpaired) electrons. The van der Waals surface area contributed by atoms with Crippen molar-refractivity contribution < 1.29 is 14.7 Å². The van der Waals surface area contributed by atoms with E-state index in [1.165, 1.54) is 30.0 Å². The molecule has 6 nitrogen and oxygen atoms in total. The van der Waals surface area contributed by atoms with Crippen LogP contribution >= 0.6 is 23.4 Å². The number of amides is 1. The minimum atomic E-state index is -1.17. The third kappa shape index (κ3) is 5.46. The van der Waals surface area contributed by atoms with Crippen LogP contribution in [0.2, 0.25) is 5.02 Å². The SMILES string of the molecule is CCCc1ccc(C#N)c(SC(C)C(=O)Nc2ccc(Cl)c(C(=O)O)c2)n1. The van der Waals surface area contributed by atoms with Crippen LogP contribution in [0.3, 0.4) is 0 Å². The highest BCUT2D eigenvalue weighted by Crippen LogP contribution is 2.27. The quantitative estimate of drug-likeness (QED) is 0.665. The number of carboxylic acid groups (broad SMARTS) is 1. The van der Waals surface area contributed by atoms with E-state index in [4.69, 9.17) is 16.7 Å². The number of carbonyl (C=O) groups is 2. The highest BCUT2D eigenvalue weighted by atomic mass is 35.5. The van der Waals surface area contributed by atoms with Gasteiger partial charge in [-0.05, 0) is 43.7 Å². The van der Waals surface area contributed by atoms with Crippen LogP contribution in [0, 0.1) is 11.3 Å². The summed E-state index contributed by atoms with van der Waals surface area (Å²) in [4.78, 5) is 28.1. The van der Waals surface area contributed by atoms with Crippen molar-refractivity contribution in [3.8, 4) is 6.07 Å². The molecule has 0 spiro atoms. The number of nitrogens with zero attached hydrogens (tertiary/aromatic N) is 2. The Kier molecular flexibility index (Phi) is 7.22. The fraction of sp³-hybridized carbons (Fsp3) is 0.263. The summed E-state index contributed by atoms with van der Waals surface area (Å²) in [5.41, 5.74) is 1.53. The van der Waals surface area contributed by atoms with Gasteiger partial charge in [0.15, 0.2) is 0 Å². The number of nitriles is 1. The number of carbonyl (C=O) groups excluding carboxylic acids is 1. The molecule has 2 aromatic rings. The first-order chi connectivity index (χ1) is 12.8. The zero-order valence-electron chi connectivity index (χ0n) is 14.8. The monoisotopic (exact) mass is 403 g/mol. The first kappa shape index (κ1) is 20.7. The lowest BCUT2D eigenvalue weighted by atomic mass is 10.2. The minimum absolute atomic E-state index is 0.0875. The maximum absolute atomic E-state index is 12.5. The van der Waals surface area contributed by atoms with E-state index in [0.29, 0.717) is 16.3 Å². The standard InChI is InChI=1S/C19H18ClN3O3S/c1-3-4-13-6-5-12(10-21)18(23-13)27-11(2)17(24)22-14-7-8-16(20)15(9-14)19(25)26/h5-9,11H,3-4H2,1-2H3,(H,22,24)(H,25,26). The highest BCUT2D eigenvalue weighted by Gasteiger charge is 2.19. The van der Waals surface area contributed by atoms with E-state index >= 15 is 0 Å². The average Bonchev–Trinajstić information content (AvgIpc) is 2.63. The molecule has 1 amide bonds. The molecule has 0 aliphatic carbocycles. The Morgan fingerprint density at radius 3 is 2.74 bits per heavy atom. The van der Waals surface area contributed by atoms with Crippen molar-refractivity contribution in [3.05, 3.63) is 52.2 Å². The number of anilines is 1. The number of benzene rings is 1. The summed E-state index contributed by atoms with van der Waals surface area (Å²) in [6.07, 6.45) is 1.73. The van der Waals surface area contributed by atoms with Crippen molar-refractivity contribution in [2.75, 3.05) is 5.32 Å². The Morgan fingerprint density at radius 2 is 2.11 bits per heavy atom. The molecule has 1 aromatic carbocycles. The number of hydrogen-bond donors (Lipinski definition) is 2. The van der Waals surface area contributed by atoms with Crippen LogP contribution in [0.1, 0.15) is 41.9 Å². The number of hydrogen-bond acceptors (Lipinski definition) is 5. The van der Waals surface area contributed by atoms with Gasteiger partial charge in [0.2, 0.25) is 5.91 Å². The Morgan fingerprint density at radius 1 is 1.37 bits per heavy atom. The molecule has 8 heteroatoms. The molecule has 1 heterocycles. The number of carboxylic acids is 1. The highest BCUT2D eigenvalue weighted by molar-refractivity contribution is 8.00. The van der Waals surface area contributed by atoms with Crippen molar-refractivity contribution in [1.82, 2.24) is 4.98 Å².